The van der Waals surface area contributed by atoms with Gasteiger partial charge in [0.2, 0.25) is 10.0 Å². The molecule has 0 bridgehead atoms. The fraction of sp³-hybridized carbons (Fsp3) is 1.00. The Labute approximate surface area is 104 Å². The van der Waals surface area contributed by atoms with Crippen LogP contribution >= 0.6 is 0 Å². The summed E-state index contributed by atoms with van der Waals surface area (Å²) in [5.41, 5.74) is 0. The summed E-state index contributed by atoms with van der Waals surface area (Å²) in [6, 6.07) is 0.0841. The van der Waals surface area contributed by atoms with Gasteiger partial charge in [0.05, 0.1) is 11.9 Å². The van der Waals surface area contributed by atoms with Crippen LogP contribution in [0, 0.1) is 0 Å². The van der Waals surface area contributed by atoms with Crippen molar-refractivity contribution in [3.63, 3.8) is 0 Å². The first-order chi connectivity index (χ1) is 8.07. The van der Waals surface area contributed by atoms with Crippen LogP contribution in [0.4, 0.5) is 0 Å². The van der Waals surface area contributed by atoms with Gasteiger partial charge in [0, 0.05) is 12.6 Å². The zero-order valence-corrected chi connectivity index (χ0v) is 11.6. The molecule has 0 spiro atoms. The van der Waals surface area contributed by atoms with Crippen molar-refractivity contribution >= 4 is 10.0 Å². The van der Waals surface area contributed by atoms with Crippen LogP contribution in [0.3, 0.4) is 0 Å². The fourth-order valence-corrected chi connectivity index (χ4v) is 3.34. The minimum Gasteiger partial charge on any atom is -0.378 e. The molecule has 0 heterocycles. The molecule has 0 unspecified atom stereocenters. The highest BCUT2D eigenvalue weighted by Gasteiger charge is 2.32. The van der Waals surface area contributed by atoms with Crippen molar-refractivity contribution in [1.82, 2.24) is 10.0 Å². The lowest BCUT2D eigenvalue weighted by Crippen LogP contribution is -2.48. The van der Waals surface area contributed by atoms with Gasteiger partial charge >= 0.3 is 0 Å². The molecular formula is C11H24N2O3S. The Balaban J connectivity index is 2.13. The maximum atomic E-state index is 11.7. The van der Waals surface area contributed by atoms with Crippen LogP contribution in [-0.2, 0) is 14.8 Å². The molecule has 0 radical (unpaired) electrons. The number of hydrogen-bond donors (Lipinski definition) is 2. The standard InChI is InChI=1S/C11H24N2O3S/c1-3-16-11-8-10(9-11)13-17(14,15)7-5-4-6-12-2/h10-13H,3-9H2,1-2H3. The van der Waals surface area contributed by atoms with Crippen molar-refractivity contribution in [2.75, 3.05) is 26.0 Å². The maximum absolute atomic E-state index is 11.7. The second-order valence-corrected chi connectivity index (χ2v) is 6.37. The molecule has 102 valence electrons. The van der Waals surface area contributed by atoms with E-state index in [0.29, 0.717) is 13.0 Å². The zero-order chi connectivity index (χ0) is 12.7. The maximum Gasteiger partial charge on any atom is 0.211 e. The summed E-state index contributed by atoms with van der Waals surface area (Å²) < 4.78 is 31.5. The molecule has 1 aliphatic carbocycles. The van der Waals surface area contributed by atoms with Gasteiger partial charge in [0.15, 0.2) is 0 Å². The molecule has 6 heteroatoms. The molecule has 0 amide bonds. The smallest absolute Gasteiger partial charge is 0.211 e. The van der Waals surface area contributed by atoms with Crippen molar-refractivity contribution in [3.05, 3.63) is 0 Å². The summed E-state index contributed by atoms with van der Waals surface area (Å²) in [6.45, 7) is 3.53. The van der Waals surface area contributed by atoms with E-state index in [1.54, 1.807) is 0 Å². The van der Waals surface area contributed by atoms with Gasteiger partial charge in [-0.15, -0.1) is 0 Å². The molecule has 1 rings (SSSR count). The molecule has 0 aromatic heterocycles. The number of rotatable bonds is 9. The zero-order valence-electron chi connectivity index (χ0n) is 10.7. The van der Waals surface area contributed by atoms with Crippen LogP contribution in [0.15, 0.2) is 0 Å². The summed E-state index contributed by atoms with van der Waals surface area (Å²) >= 11 is 0. The van der Waals surface area contributed by atoms with Gasteiger partial charge in [-0.1, -0.05) is 0 Å². The van der Waals surface area contributed by atoms with E-state index in [-0.39, 0.29) is 17.9 Å². The predicted molar refractivity (Wildman–Crippen MR) is 68.5 cm³/mol. The Morgan fingerprint density at radius 1 is 1.29 bits per heavy atom. The van der Waals surface area contributed by atoms with Gasteiger partial charge in [0.25, 0.3) is 0 Å². The molecule has 5 nitrogen and oxygen atoms in total. The van der Waals surface area contributed by atoms with Crippen LogP contribution in [0.5, 0.6) is 0 Å². The average molecular weight is 264 g/mol. The quantitative estimate of drug-likeness (QED) is 0.594. The van der Waals surface area contributed by atoms with Crippen LogP contribution in [0.1, 0.15) is 32.6 Å². The summed E-state index contributed by atoms with van der Waals surface area (Å²) in [5, 5.41) is 3.01. The summed E-state index contributed by atoms with van der Waals surface area (Å²) in [7, 11) is -1.22. The molecule has 1 fully saturated rings. The molecule has 0 aromatic carbocycles. The Morgan fingerprint density at radius 2 is 2.00 bits per heavy atom. The van der Waals surface area contributed by atoms with E-state index in [0.717, 1.165) is 25.8 Å². The number of unbranched alkanes of at least 4 members (excludes halogenated alkanes) is 1. The van der Waals surface area contributed by atoms with Gasteiger partial charge in [0.1, 0.15) is 0 Å². The third kappa shape index (κ3) is 5.81. The van der Waals surface area contributed by atoms with Crippen molar-refractivity contribution < 1.29 is 13.2 Å². The first-order valence-corrected chi connectivity index (χ1v) is 7.99. The fourth-order valence-electron chi connectivity index (χ4n) is 1.94. The van der Waals surface area contributed by atoms with Gasteiger partial charge in [-0.2, -0.15) is 0 Å². The van der Waals surface area contributed by atoms with E-state index in [1.807, 2.05) is 14.0 Å². The van der Waals surface area contributed by atoms with Gasteiger partial charge in [-0.3, -0.25) is 0 Å². The monoisotopic (exact) mass is 264 g/mol. The first kappa shape index (κ1) is 14.9. The Morgan fingerprint density at radius 3 is 2.59 bits per heavy atom. The number of ether oxygens (including phenoxy) is 1. The van der Waals surface area contributed by atoms with Crippen molar-refractivity contribution in [2.24, 2.45) is 0 Å². The highest BCUT2D eigenvalue weighted by molar-refractivity contribution is 7.89. The molecule has 0 aliphatic heterocycles. The SMILES string of the molecule is CCOC1CC(NS(=O)(=O)CCCCNC)C1. The third-order valence-corrected chi connectivity index (χ3v) is 4.45. The van der Waals surface area contributed by atoms with Crippen molar-refractivity contribution in [1.29, 1.82) is 0 Å². The second-order valence-electron chi connectivity index (χ2n) is 4.49. The molecule has 1 aliphatic rings. The average Bonchev–Trinajstić information content (AvgIpc) is 2.21. The van der Waals surface area contributed by atoms with Crippen LogP contribution < -0.4 is 10.0 Å². The first-order valence-electron chi connectivity index (χ1n) is 6.33. The predicted octanol–water partition coefficient (Wildman–Crippen LogP) is 0.473. The minimum absolute atomic E-state index is 0.0841. The summed E-state index contributed by atoms with van der Waals surface area (Å²) in [5.74, 6) is 0.227. The van der Waals surface area contributed by atoms with E-state index in [4.69, 9.17) is 4.74 Å². The topological polar surface area (TPSA) is 67.4 Å². The van der Waals surface area contributed by atoms with E-state index in [2.05, 4.69) is 10.0 Å². The normalized spacial score (nSPS) is 24.6. The van der Waals surface area contributed by atoms with Crippen LogP contribution in [-0.4, -0.2) is 46.5 Å². The molecule has 1 saturated carbocycles. The molecule has 17 heavy (non-hydrogen) atoms. The lowest BCUT2D eigenvalue weighted by molar-refractivity contribution is -0.00475. The summed E-state index contributed by atoms with van der Waals surface area (Å²) in [4.78, 5) is 0. The molecule has 0 aromatic rings. The molecule has 0 atom stereocenters. The molecule has 2 N–H and O–H groups in total. The highest BCUT2D eigenvalue weighted by Crippen LogP contribution is 2.23. The number of sulfonamides is 1. The van der Waals surface area contributed by atoms with Crippen molar-refractivity contribution in [2.45, 2.75) is 44.8 Å². The molecule has 0 saturated heterocycles. The summed E-state index contributed by atoms with van der Waals surface area (Å²) in [6.07, 6.45) is 3.46. The second kappa shape index (κ2) is 7.31. The third-order valence-electron chi connectivity index (χ3n) is 2.93. The van der Waals surface area contributed by atoms with Crippen LogP contribution in [0.25, 0.3) is 0 Å². The Hall–Kier alpha value is -0.170. The number of nitrogens with one attached hydrogen (secondary N) is 2. The van der Waals surface area contributed by atoms with E-state index in [1.165, 1.54) is 0 Å². The Bertz CT molecular complexity index is 300. The lowest BCUT2D eigenvalue weighted by atomic mass is 9.90. The Kier molecular flexibility index (Phi) is 6.40. The largest absolute Gasteiger partial charge is 0.378 e. The number of hydrogen-bond acceptors (Lipinski definition) is 4. The molecular weight excluding hydrogens is 240 g/mol. The van der Waals surface area contributed by atoms with E-state index >= 15 is 0 Å². The lowest BCUT2D eigenvalue weighted by Gasteiger charge is -2.35. The highest BCUT2D eigenvalue weighted by atomic mass is 32.2. The van der Waals surface area contributed by atoms with E-state index in [9.17, 15) is 8.42 Å². The van der Waals surface area contributed by atoms with Gasteiger partial charge in [-0.25, -0.2) is 13.1 Å². The van der Waals surface area contributed by atoms with Crippen LogP contribution in [0.2, 0.25) is 0 Å². The van der Waals surface area contributed by atoms with Gasteiger partial charge in [-0.05, 0) is 46.2 Å². The van der Waals surface area contributed by atoms with Gasteiger partial charge < -0.3 is 10.1 Å². The minimum atomic E-state index is -3.09. The van der Waals surface area contributed by atoms with Crippen molar-refractivity contribution in [3.8, 4) is 0 Å². The van der Waals surface area contributed by atoms with E-state index < -0.39 is 10.0 Å².